The van der Waals surface area contributed by atoms with Crippen molar-refractivity contribution in [3.05, 3.63) is 23.9 Å². The average molecular weight is 262 g/mol. The van der Waals surface area contributed by atoms with Gasteiger partial charge >= 0.3 is 6.18 Å². The summed E-state index contributed by atoms with van der Waals surface area (Å²) in [6, 6.07) is 4.02. The van der Waals surface area contributed by atoms with Crippen molar-refractivity contribution >= 4 is 0 Å². The first-order valence-electron chi connectivity index (χ1n) is 5.80. The van der Waals surface area contributed by atoms with Crippen LogP contribution >= 0.6 is 0 Å². The fraction of sp³-hybridized carbons (Fsp3) is 0.583. The number of nitrogens with one attached hydrogen (secondary N) is 1. The molecule has 1 aromatic rings. The summed E-state index contributed by atoms with van der Waals surface area (Å²) in [4.78, 5) is 3.41. The van der Waals surface area contributed by atoms with E-state index in [2.05, 4.69) is 10.3 Å². The topological polar surface area (TPSA) is 34.1 Å². The summed E-state index contributed by atoms with van der Waals surface area (Å²) < 4.78 is 42.3. The van der Waals surface area contributed by atoms with E-state index < -0.39 is 11.9 Å². The molecule has 0 aliphatic rings. The maximum Gasteiger partial charge on any atom is 0.433 e. The van der Waals surface area contributed by atoms with Crippen LogP contribution in [0.1, 0.15) is 26.0 Å². The quantitative estimate of drug-likeness (QED) is 0.800. The number of rotatable bonds is 6. The maximum atomic E-state index is 12.4. The van der Waals surface area contributed by atoms with Crippen molar-refractivity contribution in [2.75, 3.05) is 13.2 Å². The van der Waals surface area contributed by atoms with E-state index in [1.165, 1.54) is 12.1 Å². The van der Waals surface area contributed by atoms with E-state index in [-0.39, 0.29) is 5.88 Å². The van der Waals surface area contributed by atoms with E-state index in [4.69, 9.17) is 4.74 Å². The van der Waals surface area contributed by atoms with Crippen LogP contribution in [-0.4, -0.2) is 24.2 Å². The van der Waals surface area contributed by atoms with E-state index in [0.29, 0.717) is 12.6 Å². The predicted octanol–water partition coefficient (Wildman–Crippen LogP) is 2.87. The van der Waals surface area contributed by atoms with Crippen LogP contribution in [0, 0.1) is 0 Å². The Kier molecular flexibility index (Phi) is 5.40. The summed E-state index contributed by atoms with van der Waals surface area (Å²) in [5.41, 5.74) is -0.930. The van der Waals surface area contributed by atoms with Gasteiger partial charge in [0.05, 0.1) is 6.61 Å². The number of hydrogen-bond acceptors (Lipinski definition) is 3. The average Bonchev–Trinajstić information content (AvgIpc) is 2.27. The zero-order valence-corrected chi connectivity index (χ0v) is 10.4. The van der Waals surface area contributed by atoms with Gasteiger partial charge in [-0.25, -0.2) is 4.98 Å². The molecule has 0 atom stereocenters. The number of pyridine rings is 1. The van der Waals surface area contributed by atoms with Crippen molar-refractivity contribution in [1.82, 2.24) is 10.3 Å². The summed E-state index contributed by atoms with van der Waals surface area (Å²) in [6.07, 6.45) is -3.71. The van der Waals surface area contributed by atoms with E-state index in [0.717, 1.165) is 19.0 Å². The third-order valence-corrected chi connectivity index (χ3v) is 2.14. The zero-order chi connectivity index (χ0) is 13.6. The van der Waals surface area contributed by atoms with E-state index in [1.54, 1.807) is 0 Å². The van der Waals surface area contributed by atoms with Crippen molar-refractivity contribution in [2.45, 2.75) is 32.5 Å². The molecule has 102 valence electrons. The van der Waals surface area contributed by atoms with Gasteiger partial charge in [-0.15, -0.1) is 0 Å². The van der Waals surface area contributed by atoms with Crippen LogP contribution in [0.3, 0.4) is 0 Å². The van der Waals surface area contributed by atoms with Gasteiger partial charge < -0.3 is 10.1 Å². The standard InChI is InChI=1S/C12H17F3N2O/c1-9(2)16-7-4-8-18-11-6-3-5-10(17-11)12(13,14)15/h3,5-6,9,16H,4,7-8H2,1-2H3. The minimum Gasteiger partial charge on any atom is -0.478 e. The lowest BCUT2D eigenvalue weighted by atomic mass is 10.3. The van der Waals surface area contributed by atoms with E-state index >= 15 is 0 Å². The molecule has 1 N–H and O–H groups in total. The Balaban J connectivity index is 2.39. The van der Waals surface area contributed by atoms with Crippen LogP contribution in [0.15, 0.2) is 18.2 Å². The van der Waals surface area contributed by atoms with Crippen LogP contribution < -0.4 is 10.1 Å². The molecular weight excluding hydrogens is 245 g/mol. The first-order chi connectivity index (χ1) is 8.39. The number of ether oxygens (including phenoxy) is 1. The van der Waals surface area contributed by atoms with Crippen molar-refractivity contribution in [2.24, 2.45) is 0 Å². The van der Waals surface area contributed by atoms with E-state index in [1.807, 2.05) is 13.8 Å². The van der Waals surface area contributed by atoms with Crippen molar-refractivity contribution in [3.63, 3.8) is 0 Å². The lowest BCUT2D eigenvalue weighted by molar-refractivity contribution is -0.141. The van der Waals surface area contributed by atoms with Crippen molar-refractivity contribution < 1.29 is 17.9 Å². The molecule has 0 radical (unpaired) electrons. The second kappa shape index (κ2) is 6.58. The second-order valence-corrected chi connectivity index (χ2v) is 4.17. The minimum absolute atomic E-state index is 0.00868. The van der Waals surface area contributed by atoms with Crippen LogP contribution in [0.2, 0.25) is 0 Å². The Labute approximate surface area is 104 Å². The maximum absolute atomic E-state index is 12.4. The van der Waals surface area contributed by atoms with Gasteiger partial charge in [-0.1, -0.05) is 19.9 Å². The molecule has 1 aromatic heterocycles. The van der Waals surface area contributed by atoms with Gasteiger partial charge in [-0.3, -0.25) is 0 Å². The Hall–Kier alpha value is -1.30. The monoisotopic (exact) mass is 262 g/mol. The number of halogens is 3. The molecule has 18 heavy (non-hydrogen) atoms. The second-order valence-electron chi connectivity index (χ2n) is 4.17. The van der Waals surface area contributed by atoms with Gasteiger partial charge in [0, 0.05) is 12.1 Å². The molecule has 0 aromatic carbocycles. The molecule has 0 saturated heterocycles. The van der Waals surface area contributed by atoms with Gasteiger partial charge in [-0.05, 0) is 19.0 Å². The Morgan fingerprint density at radius 3 is 2.67 bits per heavy atom. The number of aromatic nitrogens is 1. The molecule has 0 aliphatic heterocycles. The highest BCUT2D eigenvalue weighted by Crippen LogP contribution is 2.28. The summed E-state index contributed by atoms with van der Waals surface area (Å²) in [5.74, 6) is 0.00868. The molecule has 1 rings (SSSR count). The lowest BCUT2D eigenvalue weighted by Gasteiger charge is -2.10. The minimum atomic E-state index is -4.43. The first kappa shape index (κ1) is 14.8. The Morgan fingerprint density at radius 1 is 1.33 bits per heavy atom. The van der Waals surface area contributed by atoms with Gasteiger partial charge in [0.2, 0.25) is 5.88 Å². The molecule has 0 fully saturated rings. The number of nitrogens with zero attached hydrogens (tertiary/aromatic N) is 1. The number of hydrogen-bond donors (Lipinski definition) is 1. The SMILES string of the molecule is CC(C)NCCCOc1cccc(C(F)(F)F)n1. The summed E-state index contributed by atoms with van der Waals surface area (Å²) in [6.45, 7) is 5.15. The molecule has 0 bridgehead atoms. The highest BCUT2D eigenvalue weighted by Gasteiger charge is 2.32. The van der Waals surface area contributed by atoms with Gasteiger partial charge in [0.1, 0.15) is 5.69 Å². The third-order valence-electron chi connectivity index (χ3n) is 2.14. The summed E-state index contributed by atoms with van der Waals surface area (Å²) in [7, 11) is 0. The van der Waals surface area contributed by atoms with Crippen molar-refractivity contribution in [1.29, 1.82) is 0 Å². The van der Waals surface area contributed by atoms with Crippen molar-refractivity contribution in [3.8, 4) is 5.88 Å². The molecule has 6 heteroatoms. The summed E-state index contributed by atoms with van der Waals surface area (Å²) in [5, 5.41) is 3.19. The zero-order valence-electron chi connectivity index (χ0n) is 10.4. The van der Waals surface area contributed by atoms with Gasteiger partial charge in [-0.2, -0.15) is 13.2 Å². The van der Waals surface area contributed by atoms with Crippen LogP contribution in [0.5, 0.6) is 5.88 Å². The molecule has 3 nitrogen and oxygen atoms in total. The molecule has 0 unspecified atom stereocenters. The Morgan fingerprint density at radius 2 is 2.06 bits per heavy atom. The van der Waals surface area contributed by atoms with Crippen LogP contribution in [0.4, 0.5) is 13.2 Å². The van der Waals surface area contributed by atoms with E-state index in [9.17, 15) is 13.2 Å². The van der Waals surface area contributed by atoms with Gasteiger partial charge in [0.25, 0.3) is 0 Å². The molecule has 0 spiro atoms. The normalized spacial score (nSPS) is 11.9. The first-order valence-corrected chi connectivity index (χ1v) is 5.80. The molecule has 1 heterocycles. The summed E-state index contributed by atoms with van der Waals surface area (Å²) >= 11 is 0. The predicted molar refractivity (Wildman–Crippen MR) is 62.5 cm³/mol. The number of alkyl halides is 3. The Bertz CT molecular complexity index is 367. The smallest absolute Gasteiger partial charge is 0.433 e. The third kappa shape index (κ3) is 5.35. The largest absolute Gasteiger partial charge is 0.478 e. The highest BCUT2D eigenvalue weighted by atomic mass is 19.4. The van der Waals surface area contributed by atoms with Crippen LogP contribution in [0.25, 0.3) is 0 Å². The van der Waals surface area contributed by atoms with Crippen LogP contribution in [-0.2, 0) is 6.18 Å². The molecule has 0 aliphatic carbocycles. The molecular formula is C12H17F3N2O. The fourth-order valence-electron chi connectivity index (χ4n) is 1.29. The lowest BCUT2D eigenvalue weighted by Crippen LogP contribution is -2.24. The molecule has 0 amide bonds. The highest BCUT2D eigenvalue weighted by molar-refractivity contribution is 5.17. The molecule has 0 saturated carbocycles. The fourth-order valence-corrected chi connectivity index (χ4v) is 1.29. The van der Waals surface area contributed by atoms with Gasteiger partial charge in [0.15, 0.2) is 0 Å².